The molecule has 4 N–H and O–H groups in total. The van der Waals surface area contributed by atoms with Gasteiger partial charge in [-0.1, -0.05) is 0 Å². The van der Waals surface area contributed by atoms with Gasteiger partial charge in [-0.2, -0.15) is 0 Å². The van der Waals surface area contributed by atoms with E-state index in [-0.39, 0.29) is 5.56 Å². The van der Waals surface area contributed by atoms with Crippen LogP contribution in [0.4, 0.5) is 17.2 Å². The van der Waals surface area contributed by atoms with Gasteiger partial charge in [0.25, 0.3) is 5.56 Å². The zero-order valence-electron chi connectivity index (χ0n) is 8.20. The fourth-order valence-electron chi connectivity index (χ4n) is 1.17. The normalized spacial score (nSPS) is 10.1. The zero-order valence-corrected chi connectivity index (χ0v) is 10.4. The quantitative estimate of drug-likeness (QED) is 0.579. The lowest BCUT2D eigenvalue weighted by atomic mass is 10.3. The van der Waals surface area contributed by atoms with Crippen LogP contribution in [0.25, 0.3) is 0 Å². The first-order valence-electron chi connectivity index (χ1n) is 4.52. The number of nitrogen functional groups attached to an aromatic ring is 1. The molecule has 0 bridgehead atoms. The van der Waals surface area contributed by atoms with Gasteiger partial charge in [-0.25, -0.2) is 4.98 Å². The molecule has 82 valence electrons. The number of rotatable bonds is 2. The number of anilines is 3. The van der Waals surface area contributed by atoms with Crippen molar-refractivity contribution in [2.75, 3.05) is 11.1 Å². The Morgan fingerprint density at radius 2 is 2.00 bits per heavy atom. The topological polar surface area (TPSA) is 83.8 Å². The van der Waals surface area contributed by atoms with Crippen molar-refractivity contribution in [2.45, 2.75) is 0 Å². The molecule has 0 amide bonds. The third-order valence-electron chi connectivity index (χ3n) is 1.97. The summed E-state index contributed by atoms with van der Waals surface area (Å²) in [4.78, 5) is 17.9. The molecule has 2 aromatic rings. The van der Waals surface area contributed by atoms with E-state index in [0.717, 1.165) is 5.69 Å². The van der Waals surface area contributed by atoms with E-state index in [1.54, 1.807) is 12.1 Å². The summed E-state index contributed by atoms with van der Waals surface area (Å²) in [6.07, 6.45) is 1.37. The first kappa shape index (κ1) is 10.9. The Kier molecular flexibility index (Phi) is 3.09. The number of hydrogen-bond acceptors (Lipinski definition) is 4. The molecular weight excluding hydrogens is 319 g/mol. The third-order valence-corrected chi connectivity index (χ3v) is 2.97. The van der Waals surface area contributed by atoms with Gasteiger partial charge in [0.1, 0.15) is 3.57 Å². The van der Waals surface area contributed by atoms with E-state index < -0.39 is 0 Å². The molecule has 6 heteroatoms. The smallest absolute Gasteiger partial charge is 0.266 e. The highest BCUT2D eigenvalue weighted by Crippen LogP contribution is 2.17. The molecule has 1 aromatic heterocycles. The van der Waals surface area contributed by atoms with Crippen molar-refractivity contribution in [3.05, 3.63) is 44.5 Å². The number of nitrogens with two attached hydrogens (primary N) is 1. The van der Waals surface area contributed by atoms with Crippen molar-refractivity contribution < 1.29 is 0 Å². The summed E-state index contributed by atoms with van der Waals surface area (Å²) in [7, 11) is 0. The summed E-state index contributed by atoms with van der Waals surface area (Å²) in [6.45, 7) is 0. The fourth-order valence-corrected chi connectivity index (χ4v) is 1.60. The number of hydrogen-bond donors (Lipinski definition) is 3. The summed E-state index contributed by atoms with van der Waals surface area (Å²) >= 11 is 1.94. The summed E-state index contributed by atoms with van der Waals surface area (Å²) in [6, 6.07) is 7.22. The number of nitrogens with one attached hydrogen (secondary N) is 2. The summed E-state index contributed by atoms with van der Waals surface area (Å²) in [5.74, 6) is 0.536. The molecule has 1 aromatic carbocycles. The molecule has 16 heavy (non-hydrogen) atoms. The lowest BCUT2D eigenvalue weighted by Crippen LogP contribution is -2.12. The first-order valence-corrected chi connectivity index (χ1v) is 5.60. The average Bonchev–Trinajstić information content (AvgIpc) is 2.28. The Hall–Kier alpha value is -1.57. The molecule has 0 radical (unpaired) electrons. The summed E-state index contributed by atoms with van der Waals surface area (Å²) in [5.41, 5.74) is 6.95. The largest absolute Gasteiger partial charge is 0.399 e. The Bertz CT molecular complexity index is 549. The van der Waals surface area contributed by atoms with Gasteiger partial charge in [0.05, 0.1) is 6.33 Å². The van der Waals surface area contributed by atoms with Gasteiger partial charge in [0.15, 0.2) is 5.82 Å². The molecule has 5 nitrogen and oxygen atoms in total. The summed E-state index contributed by atoms with van der Waals surface area (Å²) < 4.78 is 0.525. The molecule has 0 aliphatic rings. The summed E-state index contributed by atoms with van der Waals surface area (Å²) in [5, 5.41) is 3.05. The number of nitrogens with zero attached hydrogens (tertiary/aromatic N) is 1. The van der Waals surface area contributed by atoms with Crippen LogP contribution in [0.1, 0.15) is 0 Å². The predicted octanol–water partition coefficient (Wildman–Crippen LogP) is 1.70. The van der Waals surface area contributed by atoms with Crippen LogP contribution in [0.3, 0.4) is 0 Å². The van der Waals surface area contributed by atoms with Crippen molar-refractivity contribution in [1.29, 1.82) is 0 Å². The number of aromatic nitrogens is 2. The van der Waals surface area contributed by atoms with Crippen LogP contribution >= 0.6 is 22.6 Å². The Labute approximate surface area is 105 Å². The van der Waals surface area contributed by atoms with Crippen molar-refractivity contribution in [3.8, 4) is 0 Å². The van der Waals surface area contributed by atoms with E-state index in [1.165, 1.54) is 6.33 Å². The molecule has 0 atom stereocenters. The lowest BCUT2D eigenvalue weighted by Gasteiger charge is -2.06. The van der Waals surface area contributed by atoms with Crippen molar-refractivity contribution in [3.63, 3.8) is 0 Å². The Balaban J connectivity index is 2.30. The monoisotopic (exact) mass is 328 g/mol. The van der Waals surface area contributed by atoms with Crippen molar-refractivity contribution in [1.82, 2.24) is 9.97 Å². The Morgan fingerprint density at radius 3 is 2.69 bits per heavy atom. The highest BCUT2D eigenvalue weighted by molar-refractivity contribution is 14.1. The molecule has 0 saturated heterocycles. The second-order valence-electron chi connectivity index (χ2n) is 3.14. The van der Waals surface area contributed by atoms with Gasteiger partial charge in [0.2, 0.25) is 0 Å². The third kappa shape index (κ3) is 2.32. The minimum atomic E-state index is -0.159. The van der Waals surface area contributed by atoms with Gasteiger partial charge in [-0.05, 0) is 46.9 Å². The number of halogens is 1. The van der Waals surface area contributed by atoms with Gasteiger partial charge in [-0.3, -0.25) is 4.79 Å². The minimum absolute atomic E-state index is 0.159. The fraction of sp³-hybridized carbons (Fsp3) is 0. The van der Waals surface area contributed by atoms with E-state index in [2.05, 4.69) is 15.3 Å². The van der Waals surface area contributed by atoms with E-state index >= 15 is 0 Å². The van der Waals surface area contributed by atoms with Crippen molar-refractivity contribution in [2.24, 2.45) is 0 Å². The lowest BCUT2D eigenvalue weighted by molar-refractivity contribution is 1.10. The second-order valence-corrected chi connectivity index (χ2v) is 4.22. The maximum atomic E-state index is 11.3. The molecule has 0 spiro atoms. The second kappa shape index (κ2) is 4.52. The van der Waals surface area contributed by atoms with Crippen molar-refractivity contribution >= 4 is 39.8 Å². The van der Waals surface area contributed by atoms with Gasteiger partial charge in [-0.15, -0.1) is 0 Å². The Morgan fingerprint density at radius 1 is 1.31 bits per heavy atom. The first-order chi connectivity index (χ1) is 7.66. The molecule has 1 heterocycles. The number of aromatic amines is 1. The standard InChI is InChI=1S/C10H9IN4O/c11-8-9(13-5-14-10(8)16)15-7-3-1-6(12)2-4-7/h1-5H,12H2,(H2,13,14,15,16). The molecule has 0 fully saturated rings. The predicted molar refractivity (Wildman–Crippen MR) is 71.7 cm³/mol. The number of H-pyrrole nitrogens is 1. The van der Waals surface area contributed by atoms with Gasteiger partial charge < -0.3 is 16.0 Å². The average molecular weight is 328 g/mol. The molecule has 0 unspecified atom stereocenters. The SMILES string of the molecule is Nc1ccc(Nc2nc[nH]c(=O)c2I)cc1. The van der Waals surface area contributed by atoms with Crippen LogP contribution in [-0.4, -0.2) is 9.97 Å². The molecule has 0 aliphatic carbocycles. The van der Waals surface area contributed by atoms with Gasteiger partial charge in [0, 0.05) is 11.4 Å². The van der Waals surface area contributed by atoms with Gasteiger partial charge >= 0.3 is 0 Å². The van der Waals surface area contributed by atoms with Crippen LogP contribution in [0.15, 0.2) is 35.4 Å². The van der Waals surface area contributed by atoms with Crippen LogP contribution in [0.5, 0.6) is 0 Å². The maximum Gasteiger partial charge on any atom is 0.266 e. The molecule has 2 rings (SSSR count). The molecule has 0 aliphatic heterocycles. The molecular formula is C10H9IN4O. The minimum Gasteiger partial charge on any atom is -0.399 e. The van der Waals surface area contributed by atoms with Crippen LogP contribution < -0.4 is 16.6 Å². The van der Waals surface area contributed by atoms with E-state index in [4.69, 9.17) is 5.73 Å². The molecule has 0 saturated carbocycles. The van der Waals surface area contributed by atoms with Crippen LogP contribution in [-0.2, 0) is 0 Å². The maximum absolute atomic E-state index is 11.3. The van der Waals surface area contributed by atoms with E-state index in [0.29, 0.717) is 15.1 Å². The zero-order chi connectivity index (χ0) is 11.5. The number of benzene rings is 1. The van der Waals surface area contributed by atoms with E-state index in [9.17, 15) is 4.79 Å². The van der Waals surface area contributed by atoms with Crippen LogP contribution in [0.2, 0.25) is 0 Å². The highest BCUT2D eigenvalue weighted by Gasteiger charge is 2.04. The highest BCUT2D eigenvalue weighted by atomic mass is 127. The van der Waals surface area contributed by atoms with Crippen LogP contribution in [0, 0.1) is 3.57 Å². The van der Waals surface area contributed by atoms with E-state index in [1.807, 2.05) is 34.7 Å².